The molecule has 2 nitrogen and oxygen atoms in total. The Kier molecular flexibility index (Phi) is 3.83. The molecular formula is C13H16ClNO. The Bertz CT molecular complexity index is 361. The van der Waals surface area contributed by atoms with Crippen LogP contribution in [-0.2, 0) is 11.3 Å². The molecule has 16 heavy (non-hydrogen) atoms. The molecule has 0 saturated carbocycles. The molecule has 2 rings (SSSR count). The monoisotopic (exact) mass is 237 g/mol. The van der Waals surface area contributed by atoms with Crippen molar-refractivity contribution in [2.24, 2.45) is 5.16 Å². The van der Waals surface area contributed by atoms with Gasteiger partial charge in [0.15, 0.2) is 0 Å². The summed E-state index contributed by atoms with van der Waals surface area (Å²) in [5.41, 5.74) is 2.47. The van der Waals surface area contributed by atoms with E-state index in [1.54, 1.807) is 0 Å². The van der Waals surface area contributed by atoms with E-state index < -0.39 is 0 Å². The highest BCUT2D eigenvalue weighted by molar-refractivity contribution is 6.21. The van der Waals surface area contributed by atoms with Crippen LogP contribution in [0.5, 0.6) is 0 Å². The fourth-order valence-electron chi connectivity index (χ4n) is 1.78. The minimum absolute atomic E-state index is 0.0259. The number of alkyl halides is 1. The van der Waals surface area contributed by atoms with Gasteiger partial charge in [-0.05, 0) is 25.3 Å². The number of halogens is 1. The van der Waals surface area contributed by atoms with Crippen LogP contribution in [0, 0.1) is 0 Å². The quantitative estimate of drug-likeness (QED) is 0.736. The van der Waals surface area contributed by atoms with Gasteiger partial charge in [0.05, 0.1) is 11.1 Å². The van der Waals surface area contributed by atoms with Gasteiger partial charge in [-0.15, -0.1) is 11.6 Å². The second-order valence-electron chi connectivity index (χ2n) is 4.17. The molecule has 2 unspecified atom stereocenters. The summed E-state index contributed by atoms with van der Waals surface area (Å²) in [5, 5.41) is 4.11. The third-order valence-corrected chi connectivity index (χ3v) is 3.09. The van der Waals surface area contributed by atoms with Crippen molar-refractivity contribution in [3.8, 4) is 0 Å². The fraction of sp³-hybridized carbons (Fsp3) is 0.462. The molecular weight excluding hydrogens is 222 g/mol. The predicted molar refractivity (Wildman–Crippen MR) is 67.0 cm³/mol. The number of nitrogens with zero attached hydrogens (tertiary/aromatic N) is 1. The topological polar surface area (TPSA) is 21.6 Å². The molecule has 0 bridgehead atoms. The van der Waals surface area contributed by atoms with E-state index in [1.165, 1.54) is 5.56 Å². The Morgan fingerprint density at radius 1 is 1.38 bits per heavy atom. The molecule has 1 aromatic carbocycles. The van der Waals surface area contributed by atoms with Crippen molar-refractivity contribution in [3.63, 3.8) is 0 Å². The van der Waals surface area contributed by atoms with Gasteiger partial charge in [0.25, 0.3) is 0 Å². The first-order valence-electron chi connectivity index (χ1n) is 5.65. The summed E-state index contributed by atoms with van der Waals surface area (Å²) < 4.78 is 0. The van der Waals surface area contributed by atoms with Crippen molar-refractivity contribution in [3.05, 3.63) is 35.9 Å². The number of benzene rings is 1. The van der Waals surface area contributed by atoms with E-state index >= 15 is 0 Å². The van der Waals surface area contributed by atoms with E-state index in [0.717, 1.165) is 25.0 Å². The molecule has 0 saturated heterocycles. The maximum absolute atomic E-state index is 5.97. The van der Waals surface area contributed by atoms with Gasteiger partial charge in [-0.3, -0.25) is 0 Å². The SMILES string of the molecule is CC(Cl)C1CC(CCc2ccccc2)=NO1. The molecule has 1 aromatic rings. The first kappa shape index (κ1) is 11.5. The lowest BCUT2D eigenvalue weighted by Gasteiger charge is -2.08. The van der Waals surface area contributed by atoms with Gasteiger partial charge >= 0.3 is 0 Å². The third-order valence-electron chi connectivity index (χ3n) is 2.81. The molecule has 1 aliphatic heterocycles. The number of aryl methyl sites for hydroxylation is 1. The van der Waals surface area contributed by atoms with Crippen LogP contribution < -0.4 is 0 Å². The highest BCUT2D eigenvalue weighted by Gasteiger charge is 2.24. The molecule has 1 aliphatic rings. The van der Waals surface area contributed by atoms with E-state index in [9.17, 15) is 0 Å². The second-order valence-corrected chi connectivity index (χ2v) is 4.86. The Morgan fingerprint density at radius 2 is 2.12 bits per heavy atom. The smallest absolute Gasteiger partial charge is 0.148 e. The van der Waals surface area contributed by atoms with Gasteiger partial charge in [0, 0.05) is 6.42 Å². The van der Waals surface area contributed by atoms with Crippen molar-refractivity contribution in [2.75, 3.05) is 0 Å². The van der Waals surface area contributed by atoms with Crippen molar-refractivity contribution in [2.45, 2.75) is 37.7 Å². The first-order valence-corrected chi connectivity index (χ1v) is 6.09. The van der Waals surface area contributed by atoms with Gasteiger partial charge in [-0.25, -0.2) is 0 Å². The Morgan fingerprint density at radius 3 is 2.75 bits per heavy atom. The Hall–Kier alpha value is -1.02. The Labute approximate surface area is 101 Å². The summed E-state index contributed by atoms with van der Waals surface area (Å²) in [6, 6.07) is 10.4. The van der Waals surface area contributed by atoms with Crippen molar-refractivity contribution < 1.29 is 4.84 Å². The van der Waals surface area contributed by atoms with Gasteiger partial charge in [-0.2, -0.15) is 0 Å². The first-order chi connectivity index (χ1) is 7.75. The number of oxime groups is 1. The van der Waals surface area contributed by atoms with Crippen LogP contribution in [0.2, 0.25) is 0 Å². The van der Waals surface area contributed by atoms with Crippen molar-refractivity contribution in [1.82, 2.24) is 0 Å². The highest BCUT2D eigenvalue weighted by Crippen LogP contribution is 2.20. The molecule has 1 heterocycles. The average Bonchev–Trinajstić information content (AvgIpc) is 2.76. The molecule has 0 N–H and O–H groups in total. The summed E-state index contributed by atoms with van der Waals surface area (Å²) in [4.78, 5) is 5.27. The maximum atomic E-state index is 5.97. The fourth-order valence-corrected chi connectivity index (χ4v) is 1.91. The van der Waals surface area contributed by atoms with Crippen LogP contribution in [0.25, 0.3) is 0 Å². The van der Waals surface area contributed by atoms with Gasteiger partial charge in [0.2, 0.25) is 0 Å². The zero-order chi connectivity index (χ0) is 11.4. The van der Waals surface area contributed by atoms with Crippen LogP contribution in [-0.4, -0.2) is 17.2 Å². The molecule has 0 amide bonds. The number of rotatable bonds is 4. The number of hydrogen-bond acceptors (Lipinski definition) is 2. The summed E-state index contributed by atoms with van der Waals surface area (Å²) in [6.45, 7) is 1.95. The maximum Gasteiger partial charge on any atom is 0.148 e. The minimum atomic E-state index is 0.0259. The summed E-state index contributed by atoms with van der Waals surface area (Å²) in [5.74, 6) is 0. The zero-order valence-corrected chi connectivity index (χ0v) is 10.2. The van der Waals surface area contributed by atoms with E-state index in [2.05, 4.69) is 29.4 Å². The van der Waals surface area contributed by atoms with E-state index in [1.807, 2.05) is 13.0 Å². The van der Waals surface area contributed by atoms with Crippen LogP contribution in [0.15, 0.2) is 35.5 Å². The highest BCUT2D eigenvalue weighted by atomic mass is 35.5. The van der Waals surface area contributed by atoms with Crippen LogP contribution in [0.3, 0.4) is 0 Å². The summed E-state index contributed by atoms with van der Waals surface area (Å²) in [7, 11) is 0. The predicted octanol–water partition coefficient (Wildman–Crippen LogP) is 3.39. The van der Waals surface area contributed by atoms with E-state index in [0.29, 0.717) is 0 Å². The van der Waals surface area contributed by atoms with Crippen LogP contribution in [0.1, 0.15) is 25.3 Å². The van der Waals surface area contributed by atoms with E-state index in [4.69, 9.17) is 16.4 Å². The lowest BCUT2D eigenvalue weighted by Crippen LogP contribution is -2.18. The molecule has 0 aromatic heterocycles. The standard InChI is InChI=1S/C13H16ClNO/c1-10(14)13-9-12(15-16-13)8-7-11-5-3-2-4-6-11/h2-6,10,13H,7-9H2,1H3. The lowest BCUT2D eigenvalue weighted by molar-refractivity contribution is 0.0854. The molecule has 86 valence electrons. The van der Waals surface area contributed by atoms with Gasteiger partial charge < -0.3 is 4.84 Å². The Balaban J connectivity index is 1.80. The van der Waals surface area contributed by atoms with Crippen molar-refractivity contribution >= 4 is 17.3 Å². The summed E-state index contributed by atoms with van der Waals surface area (Å²) >= 11 is 5.97. The molecule has 3 heteroatoms. The lowest BCUT2D eigenvalue weighted by atomic mass is 10.0. The van der Waals surface area contributed by atoms with E-state index in [-0.39, 0.29) is 11.5 Å². The average molecular weight is 238 g/mol. The molecule has 0 fully saturated rings. The van der Waals surface area contributed by atoms with Crippen LogP contribution >= 0.6 is 11.6 Å². The van der Waals surface area contributed by atoms with Gasteiger partial charge in [-0.1, -0.05) is 35.5 Å². The minimum Gasteiger partial charge on any atom is -0.391 e. The second kappa shape index (κ2) is 5.35. The van der Waals surface area contributed by atoms with Gasteiger partial charge in [0.1, 0.15) is 6.10 Å². The normalized spacial score (nSPS) is 21.4. The largest absolute Gasteiger partial charge is 0.391 e. The molecule has 0 spiro atoms. The van der Waals surface area contributed by atoms with Crippen molar-refractivity contribution in [1.29, 1.82) is 0 Å². The third kappa shape index (κ3) is 2.99. The zero-order valence-electron chi connectivity index (χ0n) is 9.40. The number of hydrogen-bond donors (Lipinski definition) is 0. The molecule has 0 aliphatic carbocycles. The molecule has 2 atom stereocenters. The van der Waals surface area contributed by atoms with Crippen LogP contribution in [0.4, 0.5) is 0 Å². The molecule has 0 radical (unpaired) electrons. The summed E-state index contributed by atoms with van der Waals surface area (Å²) in [6.07, 6.45) is 2.92.